The van der Waals surface area contributed by atoms with Crippen LogP contribution in [0.4, 0.5) is 0 Å². The van der Waals surface area contributed by atoms with Gasteiger partial charge in [-0.2, -0.15) is 0 Å². The molecule has 1 heterocycles. The molecule has 0 spiro atoms. The first-order chi connectivity index (χ1) is 16.0. The van der Waals surface area contributed by atoms with E-state index in [1.165, 1.54) is 12.5 Å². The second kappa shape index (κ2) is 14.5. The van der Waals surface area contributed by atoms with Crippen molar-refractivity contribution in [2.24, 2.45) is 28.1 Å². The van der Waals surface area contributed by atoms with Crippen molar-refractivity contribution in [3.63, 3.8) is 0 Å². The minimum absolute atomic E-state index is 0.0265. The predicted molar refractivity (Wildman–Crippen MR) is 124 cm³/mol. The van der Waals surface area contributed by atoms with Gasteiger partial charge in [0, 0.05) is 24.9 Å². The second-order valence-corrected chi connectivity index (χ2v) is 8.20. The second-order valence-electron chi connectivity index (χ2n) is 8.20. The molecule has 1 rings (SSSR count). The summed E-state index contributed by atoms with van der Waals surface area (Å²) in [4.78, 5) is 59.3. The minimum Gasteiger partial charge on any atom is -0.480 e. The van der Waals surface area contributed by atoms with Crippen LogP contribution < -0.4 is 33.2 Å². The molecule has 0 aromatic carbocycles. The molecule has 3 atom stereocenters. The van der Waals surface area contributed by atoms with Crippen LogP contribution in [0.25, 0.3) is 0 Å². The Morgan fingerprint density at radius 2 is 1.85 bits per heavy atom. The van der Waals surface area contributed by atoms with Crippen LogP contribution in [0.15, 0.2) is 17.5 Å². The first-order valence-corrected chi connectivity index (χ1v) is 10.9. The Morgan fingerprint density at radius 1 is 1.15 bits per heavy atom. The molecule has 14 nitrogen and oxygen atoms in total. The summed E-state index contributed by atoms with van der Waals surface area (Å²) in [6, 6.07) is -3.09. The topological polar surface area (TPSA) is 244 Å². The highest BCUT2D eigenvalue weighted by Crippen LogP contribution is 2.04. The van der Waals surface area contributed by atoms with Crippen LogP contribution >= 0.6 is 0 Å². The number of amides is 3. The Bertz CT molecular complexity index is 837. The van der Waals surface area contributed by atoms with E-state index in [0.717, 1.165) is 0 Å². The third-order valence-corrected chi connectivity index (χ3v) is 4.68. The van der Waals surface area contributed by atoms with Crippen molar-refractivity contribution in [3.05, 3.63) is 18.2 Å². The first-order valence-electron chi connectivity index (χ1n) is 10.9. The van der Waals surface area contributed by atoms with Crippen LogP contribution in [-0.2, 0) is 25.6 Å². The van der Waals surface area contributed by atoms with Crippen LogP contribution in [0, 0.1) is 5.92 Å². The Morgan fingerprint density at radius 3 is 2.41 bits per heavy atom. The van der Waals surface area contributed by atoms with Gasteiger partial charge in [-0.05, 0) is 25.2 Å². The Kier molecular flexibility index (Phi) is 12.1. The number of H-pyrrole nitrogens is 1. The molecule has 34 heavy (non-hydrogen) atoms. The van der Waals surface area contributed by atoms with Gasteiger partial charge in [-0.3, -0.25) is 19.4 Å². The van der Waals surface area contributed by atoms with E-state index in [4.69, 9.17) is 17.2 Å². The monoisotopic (exact) mass is 481 g/mol. The van der Waals surface area contributed by atoms with Crippen LogP contribution in [0.1, 0.15) is 38.8 Å². The number of aliphatic carboxylic acids is 1. The van der Waals surface area contributed by atoms with Crippen molar-refractivity contribution in [1.29, 1.82) is 0 Å². The highest BCUT2D eigenvalue weighted by molar-refractivity contribution is 5.92. The Balaban J connectivity index is 2.76. The molecule has 14 heteroatoms. The molecule has 190 valence electrons. The van der Waals surface area contributed by atoms with Gasteiger partial charge < -0.3 is 43.2 Å². The average Bonchev–Trinajstić information content (AvgIpc) is 3.25. The lowest BCUT2D eigenvalue weighted by Gasteiger charge is -2.21. The summed E-state index contributed by atoms with van der Waals surface area (Å²) in [5.41, 5.74) is 16.8. The minimum atomic E-state index is -1.24. The third-order valence-electron chi connectivity index (χ3n) is 4.68. The molecule has 0 aliphatic heterocycles. The van der Waals surface area contributed by atoms with Crippen molar-refractivity contribution < 1.29 is 24.3 Å². The van der Waals surface area contributed by atoms with Gasteiger partial charge in [-0.25, -0.2) is 9.78 Å². The number of carboxylic acids is 1. The number of carbonyl (C=O) groups excluding carboxylic acids is 3. The number of carboxylic acid groups (broad SMARTS) is 1. The number of aromatic nitrogens is 2. The molecule has 1 aromatic heterocycles. The third kappa shape index (κ3) is 11.3. The van der Waals surface area contributed by atoms with Crippen LogP contribution in [0.5, 0.6) is 0 Å². The number of nitrogens with zero attached hydrogens (tertiary/aromatic N) is 2. The van der Waals surface area contributed by atoms with E-state index in [1.54, 1.807) is 0 Å². The molecular weight excluding hydrogens is 446 g/mol. The molecule has 0 aliphatic carbocycles. The van der Waals surface area contributed by atoms with Gasteiger partial charge >= 0.3 is 5.97 Å². The van der Waals surface area contributed by atoms with Crippen LogP contribution in [0.3, 0.4) is 0 Å². The maximum absolute atomic E-state index is 12.8. The first kappa shape index (κ1) is 28.4. The lowest BCUT2D eigenvalue weighted by atomic mass is 10.0. The van der Waals surface area contributed by atoms with Gasteiger partial charge in [0.05, 0.1) is 18.9 Å². The number of imidazole rings is 1. The molecule has 0 bridgehead atoms. The molecule has 0 saturated carbocycles. The molecule has 3 unspecified atom stereocenters. The summed E-state index contributed by atoms with van der Waals surface area (Å²) in [7, 11) is 0. The van der Waals surface area contributed by atoms with E-state index >= 15 is 0 Å². The number of guanidine groups is 1. The zero-order valence-electron chi connectivity index (χ0n) is 19.4. The number of rotatable bonds is 15. The normalized spacial score (nSPS) is 13.4. The Labute approximate surface area is 197 Å². The quantitative estimate of drug-likeness (QED) is 0.0751. The van der Waals surface area contributed by atoms with Gasteiger partial charge in [0.15, 0.2) is 5.96 Å². The highest BCUT2D eigenvalue weighted by Gasteiger charge is 2.27. The summed E-state index contributed by atoms with van der Waals surface area (Å²) < 4.78 is 0. The van der Waals surface area contributed by atoms with Gasteiger partial charge in [0.1, 0.15) is 12.1 Å². The molecule has 0 saturated heterocycles. The van der Waals surface area contributed by atoms with Gasteiger partial charge in [-0.15, -0.1) is 0 Å². The number of carbonyl (C=O) groups is 4. The molecule has 3 amide bonds. The Hall–Kier alpha value is -3.68. The van der Waals surface area contributed by atoms with Gasteiger partial charge in [-0.1, -0.05) is 13.8 Å². The van der Waals surface area contributed by atoms with E-state index < -0.39 is 48.4 Å². The fraction of sp³-hybridized carbons (Fsp3) is 0.600. The van der Waals surface area contributed by atoms with Crippen molar-refractivity contribution in [2.75, 3.05) is 13.1 Å². The van der Waals surface area contributed by atoms with Crippen LogP contribution in [0.2, 0.25) is 0 Å². The zero-order valence-corrected chi connectivity index (χ0v) is 19.4. The SMILES string of the molecule is CC(C)CC(N)C(=O)NCC(=O)NC(Cc1cnc[nH]1)C(=O)NC(CCCN=C(N)N)C(=O)O. The lowest BCUT2D eigenvalue weighted by Crippen LogP contribution is -2.54. The number of aromatic amines is 1. The fourth-order valence-electron chi connectivity index (χ4n) is 3.02. The maximum Gasteiger partial charge on any atom is 0.326 e. The summed E-state index contributed by atoms with van der Waals surface area (Å²) >= 11 is 0. The fourth-order valence-corrected chi connectivity index (χ4v) is 3.02. The average molecular weight is 482 g/mol. The smallest absolute Gasteiger partial charge is 0.326 e. The molecule has 0 aliphatic rings. The largest absolute Gasteiger partial charge is 0.480 e. The van der Waals surface area contributed by atoms with E-state index in [9.17, 15) is 24.3 Å². The number of hydrogen-bond donors (Lipinski definition) is 8. The molecular formula is C20H35N9O5. The van der Waals surface area contributed by atoms with E-state index in [2.05, 4.69) is 30.9 Å². The zero-order chi connectivity index (χ0) is 25.7. The summed E-state index contributed by atoms with van der Waals surface area (Å²) in [5.74, 6) is -2.97. The molecule has 1 aromatic rings. The van der Waals surface area contributed by atoms with Crippen molar-refractivity contribution in [3.8, 4) is 0 Å². The number of nitrogens with two attached hydrogens (primary N) is 3. The van der Waals surface area contributed by atoms with Gasteiger partial charge in [0.25, 0.3) is 0 Å². The van der Waals surface area contributed by atoms with Crippen LogP contribution in [-0.4, -0.2) is 75.9 Å². The summed E-state index contributed by atoms with van der Waals surface area (Å²) in [6.45, 7) is 3.65. The standard InChI is InChI=1S/C20H35N9O5/c1-11(2)6-13(21)17(31)26-9-16(30)28-15(7-12-8-24-10-27-12)18(32)29-14(19(33)34)4-3-5-25-20(22)23/h8,10-11,13-15H,3-7,9,21H2,1-2H3,(H,24,27)(H,26,31)(H,28,30)(H,29,32)(H,33,34)(H4,22,23,25). The van der Waals surface area contributed by atoms with E-state index in [-0.39, 0.29) is 31.3 Å². The van der Waals surface area contributed by atoms with Gasteiger partial charge in [0.2, 0.25) is 17.7 Å². The number of aliphatic imine (C=N–C) groups is 1. The summed E-state index contributed by atoms with van der Waals surface area (Å²) in [5, 5.41) is 16.8. The van der Waals surface area contributed by atoms with Crippen molar-refractivity contribution >= 4 is 29.7 Å². The maximum atomic E-state index is 12.8. The van der Waals surface area contributed by atoms with E-state index in [1.807, 2.05) is 13.8 Å². The van der Waals surface area contributed by atoms with E-state index in [0.29, 0.717) is 18.5 Å². The molecule has 0 fully saturated rings. The lowest BCUT2D eigenvalue weighted by molar-refractivity contribution is -0.142. The van der Waals surface area contributed by atoms with Crippen molar-refractivity contribution in [1.82, 2.24) is 25.9 Å². The molecule has 0 radical (unpaired) electrons. The summed E-state index contributed by atoms with van der Waals surface area (Å²) in [6.07, 6.45) is 3.76. The van der Waals surface area contributed by atoms with Crippen molar-refractivity contribution in [2.45, 2.75) is 57.7 Å². The number of hydrogen-bond acceptors (Lipinski definition) is 7. The predicted octanol–water partition coefficient (Wildman–Crippen LogP) is -2.45. The molecule has 11 N–H and O–H groups in total. The number of nitrogens with one attached hydrogen (secondary N) is 4. The highest BCUT2D eigenvalue weighted by atomic mass is 16.4.